The minimum atomic E-state index is -1.97. The fourth-order valence-corrected chi connectivity index (χ4v) is 0.773. The SMILES string of the molecule is C[C@@]1(O)C(=O)NC(=O)N[C@@H]1OO. The fraction of sp³-hybridized carbons (Fsp3) is 0.600. The predicted molar refractivity (Wildman–Crippen MR) is 34.8 cm³/mol. The number of imide groups is 1. The van der Waals surface area contributed by atoms with E-state index < -0.39 is 23.8 Å². The first-order chi connectivity index (χ1) is 5.48. The van der Waals surface area contributed by atoms with E-state index in [2.05, 4.69) is 4.89 Å². The third kappa shape index (κ3) is 1.24. The van der Waals surface area contributed by atoms with Gasteiger partial charge in [0.15, 0.2) is 5.60 Å². The summed E-state index contributed by atoms with van der Waals surface area (Å²) in [5, 5.41) is 21.3. The second-order valence-electron chi connectivity index (χ2n) is 2.56. The van der Waals surface area contributed by atoms with E-state index in [4.69, 9.17) is 5.26 Å². The standard InChI is InChI=1S/C5H8N2O5/c1-5(10)2(8)6-4(9)7-3(5)12-11/h3,10-11H,1H3,(H2,6,7,8,9)/t3-,5-/m1/s1. The Morgan fingerprint density at radius 1 is 1.58 bits per heavy atom. The lowest BCUT2D eigenvalue weighted by molar-refractivity contribution is -0.314. The molecule has 0 aromatic rings. The van der Waals surface area contributed by atoms with Crippen molar-refractivity contribution in [3.8, 4) is 0 Å². The van der Waals surface area contributed by atoms with Gasteiger partial charge in [-0.05, 0) is 6.92 Å². The maximum Gasteiger partial charge on any atom is 0.323 e. The number of hydrogen-bond acceptors (Lipinski definition) is 5. The van der Waals surface area contributed by atoms with Crippen molar-refractivity contribution in [1.82, 2.24) is 10.6 Å². The number of carbonyl (C=O) groups excluding carboxylic acids is 2. The third-order valence-corrected chi connectivity index (χ3v) is 1.56. The van der Waals surface area contributed by atoms with Crippen LogP contribution in [0.2, 0.25) is 0 Å². The van der Waals surface area contributed by atoms with Crippen LogP contribution in [0, 0.1) is 0 Å². The molecule has 1 rings (SSSR count). The van der Waals surface area contributed by atoms with Gasteiger partial charge >= 0.3 is 6.03 Å². The smallest absolute Gasteiger partial charge is 0.323 e. The molecule has 0 spiro atoms. The van der Waals surface area contributed by atoms with Crippen molar-refractivity contribution in [3.05, 3.63) is 0 Å². The van der Waals surface area contributed by atoms with Crippen molar-refractivity contribution in [2.45, 2.75) is 18.8 Å². The molecule has 1 aliphatic heterocycles. The Morgan fingerprint density at radius 2 is 2.17 bits per heavy atom. The van der Waals surface area contributed by atoms with Gasteiger partial charge in [-0.15, -0.1) is 0 Å². The summed E-state index contributed by atoms with van der Waals surface area (Å²) >= 11 is 0. The molecule has 0 aromatic heterocycles. The molecule has 1 heterocycles. The maximum absolute atomic E-state index is 10.9. The highest BCUT2D eigenvalue weighted by atomic mass is 17.1. The van der Waals surface area contributed by atoms with Crippen molar-refractivity contribution in [2.24, 2.45) is 0 Å². The van der Waals surface area contributed by atoms with Crippen molar-refractivity contribution in [3.63, 3.8) is 0 Å². The van der Waals surface area contributed by atoms with E-state index in [-0.39, 0.29) is 0 Å². The molecule has 0 unspecified atom stereocenters. The number of hydrogen-bond donors (Lipinski definition) is 4. The quantitative estimate of drug-likeness (QED) is 0.284. The van der Waals surface area contributed by atoms with Crippen molar-refractivity contribution >= 4 is 11.9 Å². The second kappa shape index (κ2) is 2.70. The van der Waals surface area contributed by atoms with E-state index >= 15 is 0 Å². The molecule has 7 nitrogen and oxygen atoms in total. The zero-order chi connectivity index (χ0) is 9.35. The summed E-state index contributed by atoms with van der Waals surface area (Å²) < 4.78 is 0. The largest absolute Gasteiger partial charge is 0.376 e. The Labute approximate surface area is 67.2 Å². The van der Waals surface area contributed by atoms with Crippen molar-refractivity contribution in [2.75, 3.05) is 0 Å². The van der Waals surface area contributed by atoms with E-state index in [0.29, 0.717) is 0 Å². The monoisotopic (exact) mass is 176 g/mol. The second-order valence-corrected chi connectivity index (χ2v) is 2.56. The van der Waals surface area contributed by atoms with Crippen LogP contribution in [-0.2, 0) is 9.68 Å². The molecule has 0 aromatic carbocycles. The first kappa shape index (κ1) is 8.91. The van der Waals surface area contributed by atoms with Crippen LogP contribution in [0.15, 0.2) is 0 Å². The van der Waals surface area contributed by atoms with Crippen molar-refractivity contribution < 1.29 is 24.8 Å². The first-order valence-corrected chi connectivity index (χ1v) is 3.13. The molecule has 68 valence electrons. The average molecular weight is 176 g/mol. The number of carbonyl (C=O) groups is 2. The summed E-state index contributed by atoms with van der Waals surface area (Å²) in [4.78, 5) is 25.2. The van der Waals surface area contributed by atoms with Gasteiger partial charge in [0.2, 0.25) is 6.23 Å². The van der Waals surface area contributed by atoms with Gasteiger partial charge < -0.3 is 10.4 Å². The molecule has 0 bridgehead atoms. The van der Waals surface area contributed by atoms with Crippen LogP contribution >= 0.6 is 0 Å². The summed E-state index contributed by atoms with van der Waals surface area (Å²) in [6, 6.07) is -0.828. The molecule has 2 atom stereocenters. The Kier molecular flexibility index (Phi) is 2.01. The Morgan fingerprint density at radius 3 is 2.67 bits per heavy atom. The fourth-order valence-electron chi connectivity index (χ4n) is 0.773. The molecule has 3 amide bonds. The minimum Gasteiger partial charge on any atom is -0.376 e. The van der Waals surface area contributed by atoms with Crippen LogP contribution in [-0.4, -0.2) is 34.1 Å². The Balaban J connectivity index is 2.85. The zero-order valence-electron chi connectivity index (χ0n) is 6.20. The molecule has 7 heteroatoms. The Bertz CT molecular complexity index is 226. The van der Waals surface area contributed by atoms with E-state index in [1.165, 1.54) is 0 Å². The lowest BCUT2D eigenvalue weighted by Crippen LogP contribution is -2.68. The third-order valence-electron chi connectivity index (χ3n) is 1.56. The van der Waals surface area contributed by atoms with Gasteiger partial charge in [-0.2, -0.15) is 0 Å². The molecule has 1 saturated heterocycles. The lowest BCUT2D eigenvalue weighted by Gasteiger charge is -2.33. The van der Waals surface area contributed by atoms with Crippen molar-refractivity contribution in [1.29, 1.82) is 0 Å². The summed E-state index contributed by atoms with van der Waals surface area (Å²) in [5.74, 6) is -0.926. The van der Waals surface area contributed by atoms with Crippen LogP contribution in [0.5, 0.6) is 0 Å². The van der Waals surface area contributed by atoms with Gasteiger partial charge in [0, 0.05) is 0 Å². The predicted octanol–water partition coefficient (Wildman–Crippen LogP) is -1.61. The van der Waals surface area contributed by atoms with Crippen LogP contribution < -0.4 is 10.6 Å². The minimum absolute atomic E-state index is 0.828. The van der Waals surface area contributed by atoms with E-state index in [0.717, 1.165) is 6.92 Å². The number of urea groups is 1. The van der Waals surface area contributed by atoms with Gasteiger partial charge in [-0.1, -0.05) is 0 Å². The van der Waals surface area contributed by atoms with Gasteiger partial charge in [0.1, 0.15) is 0 Å². The van der Waals surface area contributed by atoms with Crippen LogP contribution in [0.1, 0.15) is 6.92 Å². The lowest BCUT2D eigenvalue weighted by atomic mass is 10.0. The molecule has 1 fully saturated rings. The van der Waals surface area contributed by atoms with Crippen LogP contribution in [0.3, 0.4) is 0 Å². The van der Waals surface area contributed by atoms with Crippen LogP contribution in [0.4, 0.5) is 4.79 Å². The number of amides is 3. The molecule has 0 saturated carbocycles. The summed E-state index contributed by atoms with van der Waals surface area (Å²) in [5.41, 5.74) is -1.97. The topological polar surface area (TPSA) is 108 Å². The molecular formula is C5H8N2O5. The van der Waals surface area contributed by atoms with Gasteiger partial charge in [-0.25, -0.2) is 14.9 Å². The molecule has 0 aliphatic carbocycles. The number of rotatable bonds is 1. The van der Waals surface area contributed by atoms with Gasteiger partial charge in [0.25, 0.3) is 5.91 Å². The summed E-state index contributed by atoms with van der Waals surface area (Å²) in [7, 11) is 0. The molecule has 4 N–H and O–H groups in total. The average Bonchev–Trinajstić information content (AvgIpc) is 1.97. The first-order valence-electron chi connectivity index (χ1n) is 3.13. The zero-order valence-corrected chi connectivity index (χ0v) is 6.20. The molecule has 1 aliphatic rings. The molecule has 12 heavy (non-hydrogen) atoms. The Hall–Kier alpha value is -1.18. The van der Waals surface area contributed by atoms with Gasteiger partial charge in [-0.3, -0.25) is 10.1 Å². The van der Waals surface area contributed by atoms with Gasteiger partial charge in [0.05, 0.1) is 0 Å². The summed E-state index contributed by atoms with van der Waals surface area (Å²) in [6.07, 6.45) is -1.45. The molecule has 0 radical (unpaired) electrons. The maximum atomic E-state index is 10.9. The highest BCUT2D eigenvalue weighted by Crippen LogP contribution is 2.13. The number of nitrogens with one attached hydrogen (secondary N) is 2. The van der Waals surface area contributed by atoms with E-state index in [9.17, 15) is 14.7 Å². The molecular weight excluding hydrogens is 168 g/mol. The highest BCUT2D eigenvalue weighted by Gasteiger charge is 2.46. The van der Waals surface area contributed by atoms with E-state index in [1.807, 2.05) is 5.32 Å². The number of aliphatic hydroxyl groups is 1. The van der Waals surface area contributed by atoms with Crippen LogP contribution in [0.25, 0.3) is 0 Å². The normalized spacial score (nSPS) is 35.8. The highest BCUT2D eigenvalue weighted by molar-refractivity contribution is 6.01. The summed E-state index contributed by atoms with van der Waals surface area (Å²) in [6.45, 7) is 1.10. The van der Waals surface area contributed by atoms with E-state index in [1.54, 1.807) is 5.32 Å².